The molecular weight excluding hydrogens is 164 g/mol. The summed E-state index contributed by atoms with van der Waals surface area (Å²) in [5.41, 5.74) is 1.35. The van der Waals surface area contributed by atoms with E-state index in [0.717, 1.165) is 6.42 Å². The lowest BCUT2D eigenvalue weighted by Crippen LogP contribution is -2.02. The van der Waals surface area contributed by atoms with Gasteiger partial charge in [0.15, 0.2) is 0 Å². The van der Waals surface area contributed by atoms with Crippen molar-refractivity contribution in [3.63, 3.8) is 0 Å². The molecule has 0 heterocycles. The van der Waals surface area contributed by atoms with Gasteiger partial charge in [-0.3, -0.25) is 0 Å². The summed E-state index contributed by atoms with van der Waals surface area (Å²) in [7, 11) is 0. The van der Waals surface area contributed by atoms with Crippen LogP contribution in [0.3, 0.4) is 0 Å². The van der Waals surface area contributed by atoms with Crippen LogP contribution < -0.4 is 0 Å². The molecule has 1 saturated carbocycles. The second-order valence-corrected chi connectivity index (χ2v) is 3.39. The van der Waals surface area contributed by atoms with Crippen LogP contribution in [-0.4, -0.2) is 24.4 Å². The minimum absolute atomic E-state index is 0.123. The van der Waals surface area contributed by atoms with E-state index in [0.29, 0.717) is 18.6 Å². The summed E-state index contributed by atoms with van der Waals surface area (Å²) in [6, 6.07) is 10.4. The van der Waals surface area contributed by atoms with Gasteiger partial charge in [-0.25, -0.2) is 0 Å². The maximum Gasteiger partial charge on any atom is 0.0701 e. The molecule has 2 heteroatoms. The van der Waals surface area contributed by atoms with Crippen LogP contribution in [0.4, 0.5) is 0 Å². The Balaban J connectivity index is 1.86. The Bertz CT molecular complexity index is 258. The van der Waals surface area contributed by atoms with Crippen LogP contribution in [0.2, 0.25) is 0 Å². The van der Waals surface area contributed by atoms with Gasteiger partial charge in [0.2, 0.25) is 0 Å². The highest BCUT2D eigenvalue weighted by molar-refractivity contribution is 5.26. The van der Waals surface area contributed by atoms with Crippen molar-refractivity contribution < 1.29 is 9.84 Å². The summed E-state index contributed by atoms with van der Waals surface area (Å²) in [5, 5.41) is 8.57. The molecule has 0 radical (unpaired) electrons. The average molecular weight is 178 g/mol. The Morgan fingerprint density at radius 2 is 2.08 bits per heavy atom. The van der Waals surface area contributed by atoms with Crippen molar-refractivity contribution in [1.29, 1.82) is 0 Å². The van der Waals surface area contributed by atoms with Crippen LogP contribution in [-0.2, 0) is 4.74 Å². The highest BCUT2D eigenvalue weighted by atomic mass is 16.5. The van der Waals surface area contributed by atoms with Gasteiger partial charge in [0.05, 0.1) is 19.3 Å². The van der Waals surface area contributed by atoms with E-state index in [4.69, 9.17) is 9.84 Å². The molecule has 2 unspecified atom stereocenters. The summed E-state index contributed by atoms with van der Waals surface area (Å²) in [4.78, 5) is 0. The topological polar surface area (TPSA) is 29.5 Å². The standard InChI is InChI=1S/C11H14O2/c12-6-7-13-11-8-10(11)9-4-2-1-3-5-9/h1-5,10-12H,6-8H2. The summed E-state index contributed by atoms with van der Waals surface area (Å²) in [5.74, 6) is 0.563. The molecule has 1 aromatic rings. The molecule has 13 heavy (non-hydrogen) atoms. The van der Waals surface area contributed by atoms with Gasteiger partial charge >= 0.3 is 0 Å². The van der Waals surface area contributed by atoms with Gasteiger partial charge < -0.3 is 9.84 Å². The zero-order chi connectivity index (χ0) is 9.10. The highest BCUT2D eigenvalue weighted by Crippen LogP contribution is 2.42. The first-order valence-electron chi connectivity index (χ1n) is 4.69. The van der Waals surface area contributed by atoms with E-state index >= 15 is 0 Å². The maximum atomic E-state index is 8.57. The Morgan fingerprint density at radius 1 is 1.31 bits per heavy atom. The molecule has 0 spiro atoms. The number of hydrogen-bond acceptors (Lipinski definition) is 2. The lowest BCUT2D eigenvalue weighted by atomic mass is 10.1. The van der Waals surface area contributed by atoms with E-state index in [1.165, 1.54) is 5.56 Å². The molecule has 1 aliphatic rings. The number of rotatable bonds is 4. The number of aliphatic hydroxyl groups is 1. The molecule has 0 amide bonds. The van der Waals surface area contributed by atoms with Crippen molar-refractivity contribution in [3.05, 3.63) is 35.9 Å². The van der Waals surface area contributed by atoms with Crippen molar-refractivity contribution >= 4 is 0 Å². The van der Waals surface area contributed by atoms with E-state index in [1.54, 1.807) is 0 Å². The second kappa shape index (κ2) is 3.90. The van der Waals surface area contributed by atoms with Gasteiger partial charge in [0.25, 0.3) is 0 Å². The zero-order valence-corrected chi connectivity index (χ0v) is 7.52. The van der Waals surface area contributed by atoms with Crippen molar-refractivity contribution in [3.8, 4) is 0 Å². The predicted molar refractivity (Wildman–Crippen MR) is 50.6 cm³/mol. The van der Waals surface area contributed by atoms with Gasteiger partial charge in [-0.15, -0.1) is 0 Å². The largest absolute Gasteiger partial charge is 0.394 e. The number of aliphatic hydroxyl groups excluding tert-OH is 1. The minimum atomic E-state index is 0.123. The van der Waals surface area contributed by atoms with Crippen LogP contribution in [0.1, 0.15) is 17.9 Å². The van der Waals surface area contributed by atoms with Crippen molar-refractivity contribution in [2.45, 2.75) is 18.4 Å². The summed E-state index contributed by atoms with van der Waals surface area (Å²) < 4.78 is 5.42. The van der Waals surface area contributed by atoms with E-state index < -0.39 is 0 Å². The van der Waals surface area contributed by atoms with Crippen molar-refractivity contribution in [2.75, 3.05) is 13.2 Å². The fourth-order valence-corrected chi connectivity index (χ4v) is 1.61. The van der Waals surface area contributed by atoms with Gasteiger partial charge in [-0.1, -0.05) is 30.3 Å². The molecule has 0 aliphatic heterocycles. The molecule has 1 aliphatic carbocycles. The lowest BCUT2D eigenvalue weighted by Gasteiger charge is -2.00. The number of ether oxygens (including phenoxy) is 1. The van der Waals surface area contributed by atoms with E-state index in [1.807, 2.05) is 6.07 Å². The van der Waals surface area contributed by atoms with Gasteiger partial charge in [0.1, 0.15) is 0 Å². The Hall–Kier alpha value is -0.860. The molecule has 0 bridgehead atoms. The summed E-state index contributed by atoms with van der Waals surface area (Å²) in [6.45, 7) is 0.589. The smallest absolute Gasteiger partial charge is 0.0701 e. The fourth-order valence-electron chi connectivity index (χ4n) is 1.61. The van der Waals surface area contributed by atoms with Crippen LogP contribution in [0.15, 0.2) is 30.3 Å². The van der Waals surface area contributed by atoms with Gasteiger partial charge in [0, 0.05) is 5.92 Å². The molecule has 1 aromatic carbocycles. The molecular formula is C11H14O2. The fraction of sp³-hybridized carbons (Fsp3) is 0.455. The first-order valence-corrected chi connectivity index (χ1v) is 4.69. The second-order valence-electron chi connectivity index (χ2n) is 3.39. The van der Waals surface area contributed by atoms with E-state index in [9.17, 15) is 0 Å². The average Bonchev–Trinajstić information content (AvgIpc) is 2.95. The van der Waals surface area contributed by atoms with Crippen LogP contribution in [0.5, 0.6) is 0 Å². The first kappa shape index (κ1) is 8.73. The van der Waals surface area contributed by atoms with Crippen molar-refractivity contribution in [2.24, 2.45) is 0 Å². The van der Waals surface area contributed by atoms with E-state index in [-0.39, 0.29) is 6.61 Å². The lowest BCUT2D eigenvalue weighted by molar-refractivity contribution is 0.0778. The number of benzene rings is 1. The quantitative estimate of drug-likeness (QED) is 0.758. The van der Waals surface area contributed by atoms with Crippen LogP contribution in [0, 0.1) is 0 Å². The van der Waals surface area contributed by atoms with Gasteiger partial charge in [-0.2, -0.15) is 0 Å². The molecule has 1 fully saturated rings. The minimum Gasteiger partial charge on any atom is -0.394 e. The summed E-state index contributed by atoms with van der Waals surface area (Å²) in [6.07, 6.45) is 1.44. The molecule has 2 nitrogen and oxygen atoms in total. The monoisotopic (exact) mass is 178 g/mol. The Kier molecular flexibility index (Phi) is 2.62. The normalized spacial score (nSPS) is 25.9. The first-order chi connectivity index (χ1) is 6.42. The molecule has 1 N–H and O–H groups in total. The Morgan fingerprint density at radius 3 is 2.77 bits per heavy atom. The predicted octanol–water partition coefficient (Wildman–Crippen LogP) is 1.55. The SMILES string of the molecule is OCCOC1CC1c1ccccc1. The molecule has 2 rings (SSSR count). The van der Waals surface area contributed by atoms with Crippen molar-refractivity contribution in [1.82, 2.24) is 0 Å². The van der Waals surface area contributed by atoms with Crippen LogP contribution in [0.25, 0.3) is 0 Å². The van der Waals surface area contributed by atoms with Crippen LogP contribution >= 0.6 is 0 Å². The zero-order valence-electron chi connectivity index (χ0n) is 7.52. The molecule has 0 aromatic heterocycles. The molecule has 0 saturated heterocycles. The third-order valence-corrected chi connectivity index (χ3v) is 2.38. The molecule has 2 atom stereocenters. The van der Waals surface area contributed by atoms with Gasteiger partial charge in [-0.05, 0) is 12.0 Å². The highest BCUT2D eigenvalue weighted by Gasteiger charge is 2.38. The third kappa shape index (κ3) is 2.08. The maximum absolute atomic E-state index is 8.57. The Labute approximate surface area is 78.2 Å². The van der Waals surface area contributed by atoms with E-state index in [2.05, 4.69) is 24.3 Å². The third-order valence-electron chi connectivity index (χ3n) is 2.38. The number of hydrogen-bond donors (Lipinski definition) is 1. The summed E-state index contributed by atoms with van der Waals surface area (Å²) >= 11 is 0. The molecule has 70 valence electrons.